The highest BCUT2D eigenvalue weighted by Gasteiger charge is 2.34. The molecule has 40 heavy (non-hydrogen) atoms. The Labute approximate surface area is 244 Å². The number of guanidine groups is 1. The maximum Gasteiger partial charge on any atom is 0.191 e. The Morgan fingerprint density at radius 2 is 1.52 bits per heavy atom. The minimum atomic E-state index is -0.189. The minimum absolute atomic E-state index is 0. The summed E-state index contributed by atoms with van der Waals surface area (Å²) in [5.74, 6) is 3.07. The lowest BCUT2D eigenvalue weighted by atomic mass is 9.85. The molecule has 0 aliphatic carbocycles. The van der Waals surface area contributed by atoms with E-state index < -0.39 is 0 Å². The molecule has 0 bridgehead atoms. The molecular formula is C32H42ClN3O4. The van der Waals surface area contributed by atoms with E-state index >= 15 is 0 Å². The Morgan fingerprint density at radius 3 is 2.17 bits per heavy atom. The summed E-state index contributed by atoms with van der Waals surface area (Å²) in [5.41, 5.74) is 16.6. The van der Waals surface area contributed by atoms with Crippen molar-refractivity contribution in [3.8, 4) is 23.0 Å². The van der Waals surface area contributed by atoms with Crippen LogP contribution in [0.1, 0.15) is 60.4 Å². The molecule has 1 heterocycles. The van der Waals surface area contributed by atoms with Gasteiger partial charge in [-0.1, -0.05) is 12.1 Å². The number of nitrogens with zero attached hydrogens (tertiary/aromatic N) is 1. The molecule has 0 fully saturated rings. The lowest BCUT2D eigenvalue weighted by Crippen LogP contribution is -2.37. The van der Waals surface area contributed by atoms with Gasteiger partial charge in [0.1, 0.15) is 28.6 Å². The van der Waals surface area contributed by atoms with Gasteiger partial charge in [0.05, 0.1) is 18.9 Å². The van der Waals surface area contributed by atoms with Crippen LogP contribution in [0.4, 0.5) is 5.69 Å². The largest absolute Gasteiger partial charge is 0.507 e. The van der Waals surface area contributed by atoms with Gasteiger partial charge in [0.15, 0.2) is 5.96 Å². The number of aromatic hydroxyl groups is 1. The van der Waals surface area contributed by atoms with Crippen molar-refractivity contribution >= 4 is 24.1 Å². The van der Waals surface area contributed by atoms with Gasteiger partial charge in [-0.05, 0) is 118 Å². The third-order valence-corrected chi connectivity index (χ3v) is 7.64. The first-order valence-electron chi connectivity index (χ1n) is 13.7. The first-order valence-corrected chi connectivity index (χ1v) is 13.7. The average Bonchev–Trinajstić information content (AvgIpc) is 2.92. The normalized spacial score (nSPS) is 15.8. The maximum absolute atomic E-state index is 10.4. The number of rotatable bonds is 11. The van der Waals surface area contributed by atoms with E-state index in [1.165, 1.54) is 5.56 Å². The highest BCUT2D eigenvalue weighted by atomic mass is 35.5. The second-order valence-electron chi connectivity index (χ2n) is 10.7. The summed E-state index contributed by atoms with van der Waals surface area (Å²) in [5, 5.41) is 10.4. The van der Waals surface area contributed by atoms with Crippen molar-refractivity contribution in [2.24, 2.45) is 16.5 Å². The zero-order chi connectivity index (χ0) is 28.0. The Kier molecular flexibility index (Phi) is 10.6. The third-order valence-electron chi connectivity index (χ3n) is 7.64. The van der Waals surface area contributed by atoms with Gasteiger partial charge in [0, 0.05) is 12.0 Å². The summed E-state index contributed by atoms with van der Waals surface area (Å²) in [4.78, 5) is 4.00. The molecule has 1 aliphatic heterocycles. The molecule has 4 rings (SSSR count). The van der Waals surface area contributed by atoms with Crippen LogP contribution in [0.25, 0.3) is 0 Å². The van der Waals surface area contributed by atoms with Crippen LogP contribution in [0.2, 0.25) is 0 Å². The van der Waals surface area contributed by atoms with Crippen LogP contribution in [0, 0.1) is 20.8 Å². The molecule has 3 aromatic carbocycles. The van der Waals surface area contributed by atoms with Crippen molar-refractivity contribution in [2.45, 2.75) is 71.8 Å². The van der Waals surface area contributed by atoms with Crippen LogP contribution in [0.15, 0.2) is 53.5 Å². The molecule has 8 heteroatoms. The Hall–Kier alpha value is -3.58. The number of ether oxygens (including phenoxy) is 3. The van der Waals surface area contributed by atoms with Crippen LogP contribution in [0.5, 0.6) is 23.0 Å². The predicted molar refractivity (Wildman–Crippen MR) is 164 cm³/mol. The van der Waals surface area contributed by atoms with Crippen molar-refractivity contribution in [2.75, 3.05) is 13.2 Å². The number of halogens is 1. The fourth-order valence-corrected chi connectivity index (χ4v) is 5.07. The fraction of sp³-hybridized carbons (Fsp3) is 0.406. The molecule has 0 radical (unpaired) electrons. The number of unbranched alkanes of at least 4 members (excludes halogenated alkanes) is 1. The molecule has 7 nitrogen and oxygen atoms in total. The molecule has 0 saturated heterocycles. The van der Waals surface area contributed by atoms with Gasteiger partial charge in [0.2, 0.25) is 0 Å². The standard InChI is InChI=1S/C32H41N3O4.ClH/c1-21-22(2)30-28(23(3)29(21)36)15-18-32(4,39-30)17-5-6-19-37-26-11-7-24(8-12-26)16-20-38-27-13-9-25(10-14-27)35-31(33)34;/h7-14,36H,5-6,15-20H2,1-4H3,(H4,33,34,35);1H. The van der Waals surface area contributed by atoms with Crippen LogP contribution >= 0.6 is 12.4 Å². The average molecular weight is 568 g/mol. The zero-order valence-electron chi connectivity index (χ0n) is 24.0. The van der Waals surface area contributed by atoms with E-state index in [9.17, 15) is 5.11 Å². The van der Waals surface area contributed by atoms with Gasteiger partial charge < -0.3 is 30.8 Å². The second kappa shape index (κ2) is 13.7. The highest BCUT2D eigenvalue weighted by Crippen LogP contribution is 2.44. The molecule has 5 N–H and O–H groups in total. The van der Waals surface area contributed by atoms with E-state index in [-0.39, 0.29) is 24.0 Å². The summed E-state index contributed by atoms with van der Waals surface area (Å²) < 4.78 is 18.4. The van der Waals surface area contributed by atoms with Crippen LogP contribution in [0.3, 0.4) is 0 Å². The number of hydrogen-bond donors (Lipinski definition) is 3. The molecule has 0 aromatic heterocycles. The minimum Gasteiger partial charge on any atom is -0.507 e. The zero-order valence-corrected chi connectivity index (χ0v) is 24.8. The van der Waals surface area contributed by atoms with Gasteiger partial charge >= 0.3 is 0 Å². The lowest BCUT2D eigenvalue weighted by Gasteiger charge is -2.38. The van der Waals surface area contributed by atoms with Crippen molar-refractivity contribution in [3.63, 3.8) is 0 Å². The summed E-state index contributed by atoms with van der Waals surface area (Å²) >= 11 is 0. The third kappa shape index (κ3) is 7.75. The number of fused-ring (bicyclic) bond motifs is 1. The fourth-order valence-electron chi connectivity index (χ4n) is 5.07. The Bertz CT molecular complexity index is 1310. The number of phenols is 1. The quantitative estimate of drug-likeness (QED) is 0.137. The monoisotopic (exact) mass is 567 g/mol. The van der Waals surface area contributed by atoms with E-state index in [0.717, 1.165) is 78.0 Å². The van der Waals surface area contributed by atoms with Crippen LogP contribution < -0.4 is 25.7 Å². The summed E-state index contributed by atoms with van der Waals surface area (Å²) in [6, 6.07) is 15.5. The van der Waals surface area contributed by atoms with Crippen LogP contribution in [-0.4, -0.2) is 29.9 Å². The number of hydrogen-bond acceptors (Lipinski definition) is 5. The molecule has 0 saturated carbocycles. The summed E-state index contributed by atoms with van der Waals surface area (Å²) in [6.45, 7) is 9.45. The molecule has 1 atom stereocenters. The van der Waals surface area contributed by atoms with Crippen LogP contribution in [-0.2, 0) is 12.8 Å². The number of benzene rings is 3. The Morgan fingerprint density at radius 1 is 0.900 bits per heavy atom. The second-order valence-corrected chi connectivity index (χ2v) is 10.7. The molecule has 216 valence electrons. The summed E-state index contributed by atoms with van der Waals surface area (Å²) in [7, 11) is 0. The van der Waals surface area contributed by atoms with E-state index in [1.807, 2.05) is 57.2 Å². The molecule has 1 unspecified atom stereocenters. The molecular weight excluding hydrogens is 526 g/mol. The SMILES string of the molecule is Cc1c(C)c2c(c(C)c1O)CCC(C)(CCCCOc1ccc(CCOc3ccc(N=C(N)N)cc3)cc1)O2.Cl. The number of aliphatic imine (C=N–C) groups is 1. The van der Waals surface area contributed by atoms with E-state index in [0.29, 0.717) is 24.7 Å². The molecule has 0 amide bonds. The van der Waals surface area contributed by atoms with Gasteiger partial charge in [-0.3, -0.25) is 0 Å². The summed E-state index contributed by atoms with van der Waals surface area (Å²) in [6.07, 6.45) is 5.67. The molecule has 1 aliphatic rings. The van der Waals surface area contributed by atoms with Gasteiger partial charge in [-0.15, -0.1) is 12.4 Å². The van der Waals surface area contributed by atoms with Crippen molar-refractivity contribution in [3.05, 3.63) is 76.3 Å². The topological polar surface area (TPSA) is 112 Å². The van der Waals surface area contributed by atoms with Gasteiger partial charge in [-0.2, -0.15) is 0 Å². The maximum atomic E-state index is 10.4. The Balaban J connectivity index is 0.00000441. The predicted octanol–water partition coefficient (Wildman–Crippen LogP) is 6.60. The molecule has 0 spiro atoms. The van der Waals surface area contributed by atoms with E-state index in [4.69, 9.17) is 25.7 Å². The van der Waals surface area contributed by atoms with Gasteiger partial charge in [-0.25, -0.2) is 4.99 Å². The first-order chi connectivity index (χ1) is 18.6. The highest BCUT2D eigenvalue weighted by molar-refractivity contribution is 5.85. The van der Waals surface area contributed by atoms with Crippen molar-refractivity contribution in [1.29, 1.82) is 0 Å². The van der Waals surface area contributed by atoms with Gasteiger partial charge in [0.25, 0.3) is 0 Å². The van der Waals surface area contributed by atoms with E-state index in [2.05, 4.69) is 24.0 Å². The molecule has 3 aromatic rings. The van der Waals surface area contributed by atoms with E-state index in [1.54, 1.807) is 0 Å². The van der Waals surface area contributed by atoms with Crippen molar-refractivity contribution in [1.82, 2.24) is 0 Å². The number of phenolic OH excluding ortho intramolecular Hbond substituents is 1. The number of nitrogens with two attached hydrogens (primary N) is 2. The lowest BCUT2D eigenvalue weighted by molar-refractivity contribution is 0.0513. The van der Waals surface area contributed by atoms with Crippen molar-refractivity contribution < 1.29 is 19.3 Å². The first kappa shape index (κ1) is 31.0. The smallest absolute Gasteiger partial charge is 0.191 e.